The smallest absolute Gasteiger partial charge is 0.305 e. The molecule has 0 aromatic heterocycles. The van der Waals surface area contributed by atoms with Crippen molar-refractivity contribution in [2.24, 2.45) is 0 Å². The molecule has 0 aromatic rings. The van der Waals surface area contributed by atoms with Crippen LogP contribution in [0.4, 0.5) is 0 Å². The average molecular weight is 161 g/mol. The second-order valence-corrected chi connectivity index (χ2v) is 2.37. The van der Waals surface area contributed by atoms with Crippen molar-refractivity contribution in [3.8, 4) is 0 Å². The highest BCUT2D eigenvalue weighted by atomic mass is 32.1. The van der Waals surface area contributed by atoms with E-state index in [2.05, 4.69) is 0 Å². The SMILES string of the molecule is CCOC(=O)CCCC[S]. The molecule has 0 aromatic carbocycles. The zero-order chi connectivity index (χ0) is 7.82. The number of esters is 1. The molecular formula is C7H13O2S. The van der Waals surface area contributed by atoms with Gasteiger partial charge in [-0.3, -0.25) is 4.79 Å². The Balaban J connectivity index is 3.05. The maximum Gasteiger partial charge on any atom is 0.305 e. The lowest BCUT2D eigenvalue weighted by atomic mass is 10.2. The van der Waals surface area contributed by atoms with Crippen LogP contribution in [0.5, 0.6) is 0 Å². The fourth-order valence-electron chi connectivity index (χ4n) is 0.605. The van der Waals surface area contributed by atoms with Crippen LogP contribution in [0.15, 0.2) is 0 Å². The van der Waals surface area contributed by atoms with E-state index in [4.69, 9.17) is 17.4 Å². The molecule has 0 fully saturated rings. The molecule has 0 spiro atoms. The van der Waals surface area contributed by atoms with Gasteiger partial charge in [0.05, 0.1) is 6.61 Å². The van der Waals surface area contributed by atoms with Gasteiger partial charge in [0.15, 0.2) is 0 Å². The Labute approximate surface area is 67.4 Å². The van der Waals surface area contributed by atoms with E-state index in [0.29, 0.717) is 13.0 Å². The average Bonchev–Trinajstić information content (AvgIpc) is 1.89. The lowest BCUT2D eigenvalue weighted by Gasteiger charge is -1.98. The first-order valence-electron chi connectivity index (χ1n) is 3.55. The van der Waals surface area contributed by atoms with Gasteiger partial charge in [0.1, 0.15) is 0 Å². The van der Waals surface area contributed by atoms with Gasteiger partial charge in [-0.05, 0) is 19.8 Å². The summed E-state index contributed by atoms with van der Waals surface area (Å²) in [7, 11) is 0. The molecule has 2 nitrogen and oxygen atoms in total. The highest BCUT2D eigenvalue weighted by molar-refractivity contribution is 7.80. The summed E-state index contributed by atoms with van der Waals surface area (Å²) < 4.78 is 4.72. The Kier molecular flexibility index (Phi) is 6.81. The molecule has 0 heterocycles. The molecule has 0 amide bonds. The first-order chi connectivity index (χ1) is 4.81. The Bertz CT molecular complexity index is 93.6. The van der Waals surface area contributed by atoms with Crippen LogP contribution in [0.1, 0.15) is 26.2 Å². The third-order valence-corrected chi connectivity index (χ3v) is 1.37. The summed E-state index contributed by atoms with van der Waals surface area (Å²) in [6.45, 7) is 2.29. The highest BCUT2D eigenvalue weighted by Gasteiger charge is 1.98. The van der Waals surface area contributed by atoms with Gasteiger partial charge in [-0.2, -0.15) is 0 Å². The van der Waals surface area contributed by atoms with Crippen molar-refractivity contribution in [3.05, 3.63) is 0 Å². The normalized spacial score (nSPS) is 9.40. The lowest BCUT2D eigenvalue weighted by Crippen LogP contribution is -2.03. The number of unbranched alkanes of at least 4 members (excludes halogenated alkanes) is 1. The van der Waals surface area contributed by atoms with E-state index in [-0.39, 0.29) is 5.97 Å². The van der Waals surface area contributed by atoms with Crippen molar-refractivity contribution in [1.29, 1.82) is 0 Å². The van der Waals surface area contributed by atoms with Crippen LogP contribution < -0.4 is 0 Å². The summed E-state index contributed by atoms with van der Waals surface area (Å²) in [5.74, 6) is 0.630. The molecule has 0 N–H and O–H groups in total. The first kappa shape index (κ1) is 9.82. The van der Waals surface area contributed by atoms with Crippen LogP contribution in [0, 0.1) is 0 Å². The molecule has 0 saturated carbocycles. The molecule has 0 bridgehead atoms. The molecular weight excluding hydrogens is 148 g/mol. The molecule has 0 aliphatic rings. The molecule has 0 saturated heterocycles. The van der Waals surface area contributed by atoms with Crippen molar-refractivity contribution in [2.45, 2.75) is 26.2 Å². The van der Waals surface area contributed by atoms with E-state index in [1.165, 1.54) is 0 Å². The monoisotopic (exact) mass is 161 g/mol. The van der Waals surface area contributed by atoms with Crippen molar-refractivity contribution in [1.82, 2.24) is 0 Å². The van der Waals surface area contributed by atoms with E-state index in [9.17, 15) is 4.79 Å². The minimum atomic E-state index is -0.106. The summed E-state index contributed by atoms with van der Waals surface area (Å²) in [5, 5.41) is 0. The van der Waals surface area contributed by atoms with Crippen LogP contribution >= 0.6 is 12.6 Å². The summed E-state index contributed by atoms with van der Waals surface area (Å²) in [6, 6.07) is 0. The van der Waals surface area contributed by atoms with Crippen molar-refractivity contribution in [2.75, 3.05) is 12.4 Å². The van der Waals surface area contributed by atoms with Crippen molar-refractivity contribution in [3.63, 3.8) is 0 Å². The summed E-state index contributed by atoms with van der Waals surface area (Å²) >= 11 is 4.72. The standard InChI is InChI=1S/C7H13O2S/c1-2-9-7(8)5-3-4-6-10/h2-6H2,1H3. The van der Waals surface area contributed by atoms with Gasteiger partial charge in [-0.1, -0.05) is 12.6 Å². The minimum absolute atomic E-state index is 0.106. The van der Waals surface area contributed by atoms with Crippen LogP contribution in [-0.4, -0.2) is 18.3 Å². The Morgan fingerprint density at radius 1 is 1.50 bits per heavy atom. The maximum atomic E-state index is 10.7. The second kappa shape index (κ2) is 6.93. The summed E-state index contributed by atoms with van der Waals surface area (Å²) in [6.07, 6.45) is 2.32. The van der Waals surface area contributed by atoms with Crippen LogP contribution in [-0.2, 0) is 9.53 Å². The van der Waals surface area contributed by atoms with Gasteiger partial charge >= 0.3 is 5.97 Å². The minimum Gasteiger partial charge on any atom is -0.466 e. The first-order valence-corrected chi connectivity index (χ1v) is 4.12. The molecule has 0 aliphatic heterocycles. The fourth-order valence-corrected chi connectivity index (χ4v) is 0.809. The lowest BCUT2D eigenvalue weighted by molar-refractivity contribution is -0.143. The molecule has 0 unspecified atom stereocenters. The molecule has 59 valence electrons. The molecule has 10 heavy (non-hydrogen) atoms. The van der Waals surface area contributed by atoms with E-state index in [0.717, 1.165) is 18.6 Å². The van der Waals surface area contributed by atoms with Gasteiger partial charge in [0.2, 0.25) is 0 Å². The van der Waals surface area contributed by atoms with Gasteiger partial charge in [-0.25, -0.2) is 0 Å². The number of rotatable bonds is 5. The van der Waals surface area contributed by atoms with Crippen LogP contribution in [0.25, 0.3) is 0 Å². The van der Waals surface area contributed by atoms with E-state index in [1.54, 1.807) is 0 Å². The Morgan fingerprint density at radius 3 is 2.70 bits per heavy atom. The molecule has 0 rings (SSSR count). The van der Waals surface area contributed by atoms with E-state index >= 15 is 0 Å². The molecule has 1 radical (unpaired) electrons. The quantitative estimate of drug-likeness (QED) is 0.455. The Hall–Kier alpha value is -0.180. The molecule has 0 aliphatic carbocycles. The molecule has 3 heteroatoms. The predicted molar refractivity (Wildman–Crippen MR) is 42.9 cm³/mol. The van der Waals surface area contributed by atoms with Gasteiger partial charge in [-0.15, -0.1) is 0 Å². The predicted octanol–water partition coefficient (Wildman–Crippen LogP) is 1.92. The van der Waals surface area contributed by atoms with Crippen molar-refractivity contribution < 1.29 is 9.53 Å². The topological polar surface area (TPSA) is 26.3 Å². The number of ether oxygens (including phenoxy) is 1. The summed E-state index contributed by atoms with van der Waals surface area (Å²) in [5.41, 5.74) is 0. The number of carbonyl (C=O) groups is 1. The fraction of sp³-hybridized carbons (Fsp3) is 0.857. The number of hydrogen-bond donors (Lipinski definition) is 0. The van der Waals surface area contributed by atoms with Crippen LogP contribution in [0.2, 0.25) is 0 Å². The van der Waals surface area contributed by atoms with Gasteiger partial charge in [0.25, 0.3) is 0 Å². The van der Waals surface area contributed by atoms with Crippen molar-refractivity contribution >= 4 is 18.6 Å². The number of hydrogen-bond acceptors (Lipinski definition) is 2. The largest absolute Gasteiger partial charge is 0.466 e. The third kappa shape index (κ3) is 5.95. The number of carbonyl (C=O) groups excluding carboxylic acids is 1. The van der Waals surface area contributed by atoms with Gasteiger partial charge in [0, 0.05) is 12.2 Å². The van der Waals surface area contributed by atoms with Gasteiger partial charge < -0.3 is 4.74 Å². The second-order valence-electron chi connectivity index (χ2n) is 1.97. The maximum absolute atomic E-state index is 10.7. The van der Waals surface area contributed by atoms with E-state index < -0.39 is 0 Å². The van der Waals surface area contributed by atoms with E-state index in [1.807, 2.05) is 6.92 Å². The van der Waals surface area contributed by atoms with Crippen LogP contribution in [0.3, 0.4) is 0 Å². The third-order valence-electron chi connectivity index (χ3n) is 1.08. The highest BCUT2D eigenvalue weighted by Crippen LogP contribution is 1.98. The zero-order valence-corrected chi connectivity index (χ0v) is 7.08. The zero-order valence-electron chi connectivity index (χ0n) is 6.26. The summed E-state index contributed by atoms with van der Waals surface area (Å²) in [4.78, 5) is 10.7. The molecule has 0 atom stereocenters. The Morgan fingerprint density at radius 2 is 2.20 bits per heavy atom.